The Morgan fingerprint density at radius 3 is 2.12 bits per heavy atom. The molecule has 0 saturated carbocycles. The van der Waals surface area contributed by atoms with Crippen LogP contribution in [0.4, 0.5) is 0 Å². The molecule has 2 aliphatic rings. The van der Waals surface area contributed by atoms with Crippen LogP contribution in [-0.4, -0.2) is 30.7 Å². The molecule has 0 aliphatic carbocycles. The molecule has 1 amide bonds. The first kappa shape index (κ1) is 10.4. The van der Waals surface area contributed by atoms with E-state index in [1.165, 1.54) is 11.1 Å². The number of hydrogen-bond acceptors (Lipinski definition) is 3. The quantitative estimate of drug-likeness (QED) is 0.679. The van der Waals surface area contributed by atoms with E-state index >= 15 is 0 Å². The van der Waals surface area contributed by atoms with Crippen molar-refractivity contribution in [2.45, 2.75) is 19.8 Å². The Balaban J connectivity index is 1.90. The molecule has 0 aromatic heterocycles. The fourth-order valence-electron chi connectivity index (χ4n) is 2.43. The molecule has 17 heavy (non-hydrogen) atoms. The van der Waals surface area contributed by atoms with E-state index in [2.05, 4.69) is 12.1 Å². The first-order chi connectivity index (χ1) is 8.24. The molecule has 2 aliphatic heterocycles. The van der Waals surface area contributed by atoms with Crippen molar-refractivity contribution < 1.29 is 14.3 Å². The monoisotopic (exact) mass is 233 g/mol. The highest BCUT2D eigenvalue weighted by Crippen LogP contribution is 2.35. The van der Waals surface area contributed by atoms with Crippen LogP contribution < -0.4 is 9.47 Å². The van der Waals surface area contributed by atoms with Gasteiger partial charge in [-0.3, -0.25) is 4.79 Å². The summed E-state index contributed by atoms with van der Waals surface area (Å²) >= 11 is 0. The molecule has 0 spiro atoms. The van der Waals surface area contributed by atoms with Crippen molar-refractivity contribution in [3.63, 3.8) is 0 Å². The van der Waals surface area contributed by atoms with Gasteiger partial charge in [0.15, 0.2) is 11.5 Å². The van der Waals surface area contributed by atoms with Crippen LogP contribution >= 0.6 is 0 Å². The van der Waals surface area contributed by atoms with E-state index in [1.807, 2.05) is 4.90 Å². The maximum Gasteiger partial charge on any atom is 0.231 e. The molecule has 90 valence electrons. The van der Waals surface area contributed by atoms with Crippen molar-refractivity contribution in [1.29, 1.82) is 0 Å². The molecule has 2 heterocycles. The summed E-state index contributed by atoms with van der Waals surface area (Å²) in [6, 6.07) is 4.11. The molecule has 0 saturated heterocycles. The van der Waals surface area contributed by atoms with Crippen molar-refractivity contribution in [3.8, 4) is 11.5 Å². The summed E-state index contributed by atoms with van der Waals surface area (Å²) in [5, 5.41) is 0. The molecule has 4 heteroatoms. The Hall–Kier alpha value is -1.71. The average molecular weight is 233 g/mol. The van der Waals surface area contributed by atoms with Gasteiger partial charge in [0.25, 0.3) is 0 Å². The molecule has 0 unspecified atom stereocenters. The van der Waals surface area contributed by atoms with Gasteiger partial charge >= 0.3 is 0 Å². The van der Waals surface area contributed by atoms with Crippen LogP contribution in [0, 0.1) is 0 Å². The highest BCUT2D eigenvalue weighted by atomic mass is 16.7. The fraction of sp³-hybridized carbons (Fsp3) is 0.462. The van der Waals surface area contributed by atoms with Crippen LogP contribution in [0.2, 0.25) is 0 Å². The van der Waals surface area contributed by atoms with Crippen LogP contribution in [0.5, 0.6) is 11.5 Å². The largest absolute Gasteiger partial charge is 0.454 e. The lowest BCUT2D eigenvalue weighted by Crippen LogP contribution is -2.30. The second kappa shape index (κ2) is 3.95. The molecule has 1 aromatic carbocycles. The fourth-order valence-corrected chi connectivity index (χ4v) is 2.43. The third-order valence-corrected chi connectivity index (χ3v) is 3.44. The SMILES string of the molecule is CC(=O)N1CCc2cc3c(cc2CC1)OCO3. The summed E-state index contributed by atoms with van der Waals surface area (Å²) in [4.78, 5) is 13.3. The third kappa shape index (κ3) is 1.84. The predicted octanol–water partition coefficient (Wildman–Crippen LogP) is 1.36. The number of nitrogens with zero attached hydrogens (tertiary/aromatic N) is 1. The van der Waals surface area contributed by atoms with E-state index < -0.39 is 0 Å². The Kier molecular flexibility index (Phi) is 2.42. The van der Waals surface area contributed by atoms with Gasteiger partial charge in [-0.2, -0.15) is 0 Å². The predicted molar refractivity (Wildman–Crippen MR) is 62.2 cm³/mol. The zero-order chi connectivity index (χ0) is 11.8. The normalized spacial score (nSPS) is 17.6. The minimum atomic E-state index is 0.151. The number of fused-ring (bicyclic) bond motifs is 2. The van der Waals surface area contributed by atoms with Crippen molar-refractivity contribution >= 4 is 5.91 Å². The van der Waals surface area contributed by atoms with E-state index in [-0.39, 0.29) is 5.91 Å². The number of amides is 1. The van der Waals surface area contributed by atoms with Gasteiger partial charge < -0.3 is 14.4 Å². The van der Waals surface area contributed by atoms with Crippen LogP contribution in [0.1, 0.15) is 18.1 Å². The second-order valence-electron chi connectivity index (χ2n) is 4.48. The number of benzene rings is 1. The van der Waals surface area contributed by atoms with Gasteiger partial charge in [-0.1, -0.05) is 0 Å². The minimum Gasteiger partial charge on any atom is -0.454 e. The third-order valence-electron chi connectivity index (χ3n) is 3.44. The van der Waals surface area contributed by atoms with Crippen LogP contribution in [-0.2, 0) is 17.6 Å². The van der Waals surface area contributed by atoms with Crippen LogP contribution in [0.25, 0.3) is 0 Å². The van der Waals surface area contributed by atoms with Crippen molar-refractivity contribution in [3.05, 3.63) is 23.3 Å². The molecule has 0 radical (unpaired) electrons. The Morgan fingerprint density at radius 2 is 1.65 bits per heavy atom. The van der Waals surface area contributed by atoms with Gasteiger partial charge in [0.05, 0.1) is 0 Å². The van der Waals surface area contributed by atoms with Gasteiger partial charge in [0, 0.05) is 20.0 Å². The lowest BCUT2D eigenvalue weighted by Gasteiger charge is -2.17. The zero-order valence-electron chi connectivity index (χ0n) is 9.86. The first-order valence-electron chi connectivity index (χ1n) is 5.91. The van der Waals surface area contributed by atoms with Gasteiger partial charge in [-0.25, -0.2) is 0 Å². The van der Waals surface area contributed by atoms with E-state index in [0.29, 0.717) is 6.79 Å². The van der Waals surface area contributed by atoms with Gasteiger partial charge in [-0.15, -0.1) is 0 Å². The number of rotatable bonds is 0. The molecule has 1 aromatic rings. The Labute approximate surface area is 100 Å². The highest BCUT2D eigenvalue weighted by Gasteiger charge is 2.21. The van der Waals surface area contributed by atoms with Gasteiger partial charge in [-0.05, 0) is 36.1 Å². The summed E-state index contributed by atoms with van der Waals surface area (Å²) in [7, 11) is 0. The molecule has 0 atom stereocenters. The van der Waals surface area contributed by atoms with E-state index in [9.17, 15) is 4.79 Å². The van der Waals surface area contributed by atoms with Crippen LogP contribution in [0.15, 0.2) is 12.1 Å². The molecule has 0 fully saturated rings. The summed E-state index contributed by atoms with van der Waals surface area (Å²) in [5.41, 5.74) is 2.55. The Morgan fingerprint density at radius 1 is 1.12 bits per heavy atom. The summed E-state index contributed by atoms with van der Waals surface area (Å²) in [6.07, 6.45) is 1.79. The summed E-state index contributed by atoms with van der Waals surface area (Å²) < 4.78 is 10.8. The standard InChI is InChI=1S/C13H15NO3/c1-9(15)14-4-2-10-6-12-13(17-8-16-12)7-11(10)3-5-14/h6-7H,2-5,8H2,1H3. The van der Waals surface area contributed by atoms with Gasteiger partial charge in [0.2, 0.25) is 12.7 Å². The van der Waals surface area contributed by atoms with E-state index in [1.54, 1.807) is 6.92 Å². The lowest BCUT2D eigenvalue weighted by atomic mass is 10.0. The summed E-state index contributed by atoms with van der Waals surface area (Å²) in [5.74, 6) is 1.82. The summed E-state index contributed by atoms with van der Waals surface area (Å²) in [6.45, 7) is 3.53. The zero-order valence-corrected chi connectivity index (χ0v) is 9.86. The first-order valence-corrected chi connectivity index (χ1v) is 5.91. The number of hydrogen-bond donors (Lipinski definition) is 0. The lowest BCUT2D eigenvalue weighted by molar-refractivity contribution is -0.128. The maximum atomic E-state index is 11.4. The van der Waals surface area contributed by atoms with Crippen LogP contribution in [0.3, 0.4) is 0 Å². The molecule has 3 rings (SSSR count). The maximum absolute atomic E-state index is 11.4. The smallest absolute Gasteiger partial charge is 0.231 e. The van der Waals surface area contributed by atoms with Crippen molar-refractivity contribution in [2.24, 2.45) is 0 Å². The van der Waals surface area contributed by atoms with Gasteiger partial charge in [0.1, 0.15) is 0 Å². The van der Waals surface area contributed by atoms with Crippen molar-refractivity contribution in [2.75, 3.05) is 19.9 Å². The van der Waals surface area contributed by atoms with E-state index in [0.717, 1.165) is 37.4 Å². The number of carbonyl (C=O) groups excluding carboxylic acids is 1. The molecule has 0 N–H and O–H groups in total. The topological polar surface area (TPSA) is 38.8 Å². The molecular weight excluding hydrogens is 218 g/mol. The number of ether oxygens (including phenoxy) is 2. The molecule has 0 bridgehead atoms. The van der Waals surface area contributed by atoms with E-state index in [4.69, 9.17) is 9.47 Å². The van der Waals surface area contributed by atoms with Crippen molar-refractivity contribution in [1.82, 2.24) is 4.90 Å². The molecule has 4 nitrogen and oxygen atoms in total. The highest BCUT2D eigenvalue weighted by molar-refractivity contribution is 5.73. The number of carbonyl (C=O) groups is 1. The average Bonchev–Trinajstić information content (AvgIpc) is 2.64. The molecular formula is C13H15NO3. The Bertz CT molecular complexity index is 435. The minimum absolute atomic E-state index is 0.151. The second-order valence-corrected chi connectivity index (χ2v) is 4.48.